The number of oxazole rings is 1. The van der Waals surface area contributed by atoms with Gasteiger partial charge in [-0.1, -0.05) is 18.2 Å². The summed E-state index contributed by atoms with van der Waals surface area (Å²) in [6, 6.07) is 9.79. The third-order valence-corrected chi connectivity index (χ3v) is 5.61. The largest absolute Gasteiger partial charge is 0.462 e. The molecule has 8 heteroatoms. The molecule has 0 bridgehead atoms. The number of carbonyl (C=O) groups is 1. The minimum absolute atomic E-state index is 0.324. The lowest BCUT2D eigenvalue weighted by Gasteiger charge is -2.06. The van der Waals surface area contributed by atoms with Gasteiger partial charge in [0.05, 0.1) is 17.7 Å². The van der Waals surface area contributed by atoms with Crippen LogP contribution in [0.5, 0.6) is 0 Å². The van der Waals surface area contributed by atoms with Gasteiger partial charge in [-0.2, -0.15) is 0 Å². The van der Waals surface area contributed by atoms with E-state index in [-0.39, 0.29) is 5.97 Å². The van der Waals surface area contributed by atoms with Crippen LogP contribution in [-0.4, -0.2) is 34.1 Å². The van der Waals surface area contributed by atoms with Crippen LogP contribution in [0, 0.1) is 6.92 Å². The Labute approximate surface area is 171 Å². The van der Waals surface area contributed by atoms with E-state index in [4.69, 9.17) is 9.15 Å². The van der Waals surface area contributed by atoms with Gasteiger partial charge in [0.25, 0.3) is 0 Å². The number of ether oxygens (including phenoxy) is 1. The molecular formula is C21H20N4O3S. The van der Waals surface area contributed by atoms with Crippen LogP contribution >= 0.6 is 11.3 Å². The molecule has 0 aliphatic rings. The van der Waals surface area contributed by atoms with Crippen LogP contribution < -0.4 is 5.32 Å². The molecule has 0 fully saturated rings. The van der Waals surface area contributed by atoms with Gasteiger partial charge in [-0.15, -0.1) is 11.3 Å². The van der Waals surface area contributed by atoms with Crippen molar-refractivity contribution in [1.82, 2.24) is 15.0 Å². The van der Waals surface area contributed by atoms with E-state index < -0.39 is 0 Å². The molecule has 0 spiro atoms. The number of aryl methyl sites for hydroxylation is 1. The minimum Gasteiger partial charge on any atom is -0.462 e. The Kier molecular flexibility index (Phi) is 5.53. The van der Waals surface area contributed by atoms with Crippen molar-refractivity contribution in [3.05, 3.63) is 59.1 Å². The number of fused-ring (bicyclic) bond motifs is 1. The molecule has 0 amide bonds. The summed E-state index contributed by atoms with van der Waals surface area (Å²) in [6.45, 7) is 4.65. The van der Waals surface area contributed by atoms with Crippen LogP contribution in [0.2, 0.25) is 0 Å². The zero-order valence-corrected chi connectivity index (χ0v) is 17.0. The van der Waals surface area contributed by atoms with Crippen LogP contribution in [0.4, 0.5) is 5.82 Å². The Hall–Kier alpha value is -3.26. The summed E-state index contributed by atoms with van der Waals surface area (Å²) in [6.07, 6.45) is 3.85. The maximum atomic E-state index is 12.2. The average Bonchev–Trinajstić information content (AvgIpc) is 3.34. The second-order valence-corrected chi connectivity index (χ2v) is 7.36. The molecule has 0 radical (unpaired) electrons. The molecule has 0 saturated heterocycles. The number of thiophene rings is 1. The number of nitrogens with zero attached hydrogens (tertiary/aromatic N) is 3. The number of hydrogen-bond donors (Lipinski definition) is 1. The van der Waals surface area contributed by atoms with E-state index in [1.807, 2.05) is 37.3 Å². The number of anilines is 1. The van der Waals surface area contributed by atoms with Crippen LogP contribution in [0.15, 0.2) is 47.3 Å². The fraction of sp³-hybridized carbons (Fsp3) is 0.238. The van der Waals surface area contributed by atoms with Gasteiger partial charge in [0, 0.05) is 18.5 Å². The summed E-state index contributed by atoms with van der Waals surface area (Å²) >= 11 is 1.32. The van der Waals surface area contributed by atoms with Crippen molar-refractivity contribution in [3.63, 3.8) is 0 Å². The van der Waals surface area contributed by atoms with Gasteiger partial charge in [-0.25, -0.2) is 19.7 Å². The second kappa shape index (κ2) is 8.40. The maximum Gasteiger partial charge on any atom is 0.348 e. The molecule has 29 heavy (non-hydrogen) atoms. The number of aromatic nitrogens is 3. The molecule has 0 unspecified atom stereocenters. The summed E-state index contributed by atoms with van der Waals surface area (Å²) in [5.41, 5.74) is 2.64. The molecule has 3 heterocycles. The number of nitrogens with one attached hydrogen (secondary N) is 1. The number of carbonyl (C=O) groups excluding carboxylic acids is 1. The Morgan fingerprint density at radius 2 is 2.07 bits per heavy atom. The van der Waals surface area contributed by atoms with Crippen molar-refractivity contribution >= 4 is 33.3 Å². The lowest BCUT2D eigenvalue weighted by molar-refractivity contribution is 0.0531. The van der Waals surface area contributed by atoms with Gasteiger partial charge < -0.3 is 14.5 Å². The number of hydrogen-bond acceptors (Lipinski definition) is 8. The van der Waals surface area contributed by atoms with Crippen molar-refractivity contribution < 1.29 is 13.9 Å². The van der Waals surface area contributed by atoms with Gasteiger partial charge in [0.15, 0.2) is 0 Å². The first-order valence-corrected chi connectivity index (χ1v) is 10.1. The van der Waals surface area contributed by atoms with Gasteiger partial charge in [-0.05, 0) is 31.5 Å². The smallest absolute Gasteiger partial charge is 0.348 e. The Balaban J connectivity index is 1.48. The molecule has 0 aliphatic heterocycles. The first-order chi connectivity index (χ1) is 14.2. The summed E-state index contributed by atoms with van der Waals surface area (Å²) < 4.78 is 10.7. The molecule has 7 nitrogen and oxygen atoms in total. The quantitative estimate of drug-likeness (QED) is 0.451. The summed E-state index contributed by atoms with van der Waals surface area (Å²) in [4.78, 5) is 26.7. The topological polar surface area (TPSA) is 90.1 Å². The number of esters is 1. The predicted molar refractivity (Wildman–Crippen MR) is 112 cm³/mol. The van der Waals surface area contributed by atoms with Crippen LogP contribution in [0.3, 0.4) is 0 Å². The van der Waals surface area contributed by atoms with Crippen molar-refractivity contribution in [1.29, 1.82) is 0 Å². The van der Waals surface area contributed by atoms with Crippen LogP contribution in [0.1, 0.15) is 27.9 Å². The first-order valence-electron chi connectivity index (χ1n) is 9.32. The molecule has 1 aromatic carbocycles. The summed E-state index contributed by atoms with van der Waals surface area (Å²) in [5.74, 6) is 0.985. The second-order valence-electron chi connectivity index (χ2n) is 6.37. The Morgan fingerprint density at radius 3 is 2.86 bits per heavy atom. The first kappa shape index (κ1) is 19.1. The monoisotopic (exact) mass is 408 g/mol. The molecule has 0 aliphatic carbocycles. The predicted octanol–water partition coefficient (Wildman–Crippen LogP) is 4.49. The highest BCUT2D eigenvalue weighted by molar-refractivity contribution is 7.20. The van der Waals surface area contributed by atoms with Crippen molar-refractivity contribution in [2.75, 3.05) is 18.5 Å². The molecule has 4 rings (SSSR count). The van der Waals surface area contributed by atoms with Gasteiger partial charge in [-0.3, -0.25) is 0 Å². The Morgan fingerprint density at radius 1 is 1.24 bits per heavy atom. The molecule has 148 valence electrons. The van der Waals surface area contributed by atoms with E-state index in [1.54, 1.807) is 13.2 Å². The van der Waals surface area contributed by atoms with Crippen LogP contribution in [0.25, 0.3) is 21.7 Å². The van der Waals surface area contributed by atoms with Crippen molar-refractivity contribution in [2.45, 2.75) is 20.3 Å². The standard InChI is InChI=1S/C21H20N4O3S/c1-3-27-21(26)17-13(2)16-18(23-12-24-20(16)29-17)22-10-9-15-11-28-19(25-15)14-7-5-4-6-8-14/h4-8,11-12H,3,9-10H2,1-2H3,(H,22,23,24). The highest BCUT2D eigenvalue weighted by atomic mass is 32.1. The zero-order chi connectivity index (χ0) is 20.2. The van der Waals surface area contributed by atoms with E-state index in [9.17, 15) is 4.79 Å². The van der Waals surface area contributed by atoms with E-state index in [1.165, 1.54) is 17.7 Å². The minimum atomic E-state index is -0.324. The Bertz CT molecular complexity index is 1140. The summed E-state index contributed by atoms with van der Waals surface area (Å²) in [7, 11) is 0. The third kappa shape index (κ3) is 3.97. The van der Waals surface area contributed by atoms with E-state index >= 15 is 0 Å². The molecule has 4 aromatic rings. The highest BCUT2D eigenvalue weighted by Crippen LogP contribution is 2.33. The fourth-order valence-electron chi connectivity index (χ4n) is 3.04. The molecule has 3 aromatic heterocycles. The van der Waals surface area contributed by atoms with E-state index in [2.05, 4.69) is 20.3 Å². The van der Waals surface area contributed by atoms with E-state index in [0.717, 1.165) is 27.0 Å². The lowest BCUT2D eigenvalue weighted by Crippen LogP contribution is -2.07. The third-order valence-electron chi connectivity index (χ3n) is 4.43. The van der Waals surface area contributed by atoms with Gasteiger partial charge in [0.1, 0.15) is 28.1 Å². The molecule has 0 saturated carbocycles. The SMILES string of the molecule is CCOC(=O)c1sc2ncnc(NCCc3coc(-c4ccccc4)n3)c2c1C. The zero-order valence-electron chi connectivity index (χ0n) is 16.1. The van der Waals surface area contributed by atoms with Crippen LogP contribution in [-0.2, 0) is 11.2 Å². The van der Waals surface area contributed by atoms with Gasteiger partial charge >= 0.3 is 5.97 Å². The average molecular weight is 408 g/mol. The molecule has 0 atom stereocenters. The van der Waals surface area contributed by atoms with Gasteiger partial charge in [0.2, 0.25) is 5.89 Å². The number of rotatable bonds is 7. The van der Waals surface area contributed by atoms with Crippen molar-refractivity contribution in [3.8, 4) is 11.5 Å². The highest BCUT2D eigenvalue weighted by Gasteiger charge is 2.20. The molecular weight excluding hydrogens is 388 g/mol. The normalized spacial score (nSPS) is 11.0. The number of benzene rings is 1. The maximum absolute atomic E-state index is 12.2. The summed E-state index contributed by atoms with van der Waals surface area (Å²) in [5, 5.41) is 4.18. The molecule has 1 N–H and O–H groups in total. The fourth-order valence-corrected chi connectivity index (χ4v) is 4.08. The lowest BCUT2D eigenvalue weighted by atomic mass is 10.2. The van der Waals surface area contributed by atoms with E-state index in [0.29, 0.717) is 36.2 Å². The van der Waals surface area contributed by atoms with Crippen molar-refractivity contribution in [2.24, 2.45) is 0 Å².